The zero-order valence-electron chi connectivity index (χ0n) is 11.3. The highest BCUT2D eigenvalue weighted by Gasteiger charge is 2.33. The van der Waals surface area contributed by atoms with E-state index in [9.17, 15) is 4.79 Å². The van der Waals surface area contributed by atoms with Crippen LogP contribution in [0.2, 0.25) is 0 Å². The summed E-state index contributed by atoms with van der Waals surface area (Å²) in [6.07, 6.45) is 1.91. The Kier molecular flexibility index (Phi) is 4.54. The van der Waals surface area contributed by atoms with E-state index >= 15 is 0 Å². The first-order valence-corrected chi connectivity index (χ1v) is 6.90. The van der Waals surface area contributed by atoms with E-state index in [1.807, 2.05) is 18.2 Å². The average Bonchev–Trinajstić information content (AvgIpc) is 2.94. The number of hydrogen-bond acceptors (Lipinski definition) is 2. The van der Waals surface area contributed by atoms with Crippen molar-refractivity contribution in [3.8, 4) is 0 Å². The van der Waals surface area contributed by atoms with E-state index < -0.39 is 0 Å². The Labute approximate surface area is 109 Å². The molecular formula is C16H22O2. The van der Waals surface area contributed by atoms with E-state index in [1.165, 1.54) is 0 Å². The van der Waals surface area contributed by atoms with Gasteiger partial charge >= 0.3 is 0 Å². The van der Waals surface area contributed by atoms with Crippen LogP contribution in [0.5, 0.6) is 0 Å². The lowest BCUT2D eigenvalue weighted by Crippen LogP contribution is -2.27. The van der Waals surface area contributed by atoms with Crippen LogP contribution in [-0.4, -0.2) is 19.0 Å². The Hall–Kier alpha value is -1.15. The summed E-state index contributed by atoms with van der Waals surface area (Å²) in [5, 5.41) is 0. The quantitative estimate of drug-likeness (QED) is 0.795. The second-order valence-electron chi connectivity index (χ2n) is 5.24. The number of carbonyl (C=O) groups excluding carboxylic acids is 1. The van der Waals surface area contributed by atoms with Crippen LogP contribution in [0.15, 0.2) is 30.3 Å². The van der Waals surface area contributed by atoms with Crippen LogP contribution in [-0.2, 0) is 9.53 Å². The molecule has 0 aromatic heterocycles. The number of benzene rings is 1. The number of carbonyl (C=O) groups is 1. The minimum absolute atomic E-state index is 0.0305. The van der Waals surface area contributed by atoms with Gasteiger partial charge in [-0.25, -0.2) is 0 Å². The molecule has 0 saturated carbocycles. The molecule has 3 atom stereocenters. The molecule has 2 rings (SSSR count). The van der Waals surface area contributed by atoms with Gasteiger partial charge in [0.1, 0.15) is 5.78 Å². The predicted molar refractivity (Wildman–Crippen MR) is 72.6 cm³/mol. The molecule has 1 saturated heterocycles. The maximum atomic E-state index is 12.7. The normalized spacial score (nSPS) is 22.7. The lowest BCUT2D eigenvalue weighted by Gasteiger charge is -2.24. The van der Waals surface area contributed by atoms with Crippen molar-refractivity contribution in [2.75, 3.05) is 13.2 Å². The SMILES string of the molecule is CCC(C)C(C(=O)C1CCOC1)c1ccccc1. The summed E-state index contributed by atoms with van der Waals surface area (Å²) in [5.74, 6) is 0.889. The van der Waals surface area contributed by atoms with Crippen molar-refractivity contribution in [1.29, 1.82) is 0 Å². The predicted octanol–water partition coefficient (Wildman–Crippen LogP) is 3.42. The molecule has 3 unspecified atom stereocenters. The lowest BCUT2D eigenvalue weighted by molar-refractivity contribution is -0.125. The summed E-state index contributed by atoms with van der Waals surface area (Å²) in [7, 11) is 0. The minimum atomic E-state index is 0.0305. The van der Waals surface area contributed by atoms with Gasteiger partial charge in [0.15, 0.2) is 0 Å². The zero-order valence-corrected chi connectivity index (χ0v) is 11.3. The Bertz CT molecular complexity index is 379. The molecule has 0 amide bonds. The van der Waals surface area contributed by atoms with Crippen LogP contribution < -0.4 is 0 Å². The molecule has 1 aromatic rings. The molecule has 2 heteroatoms. The molecule has 1 aliphatic rings. The highest BCUT2D eigenvalue weighted by atomic mass is 16.5. The molecule has 0 spiro atoms. The standard InChI is InChI=1S/C16H22O2/c1-3-12(2)15(13-7-5-4-6-8-13)16(17)14-9-10-18-11-14/h4-8,12,14-15H,3,9-11H2,1-2H3. The van der Waals surface area contributed by atoms with E-state index in [0.29, 0.717) is 18.3 Å². The van der Waals surface area contributed by atoms with Crippen molar-refractivity contribution < 1.29 is 9.53 Å². The molecule has 0 bridgehead atoms. The summed E-state index contributed by atoms with van der Waals surface area (Å²) >= 11 is 0. The first-order valence-electron chi connectivity index (χ1n) is 6.90. The van der Waals surface area contributed by atoms with Crippen molar-refractivity contribution in [2.45, 2.75) is 32.6 Å². The summed E-state index contributed by atoms with van der Waals surface area (Å²) in [6.45, 7) is 5.67. The Morgan fingerprint density at radius 3 is 2.67 bits per heavy atom. The van der Waals surface area contributed by atoms with E-state index in [-0.39, 0.29) is 11.8 Å². The van der Waals surface area contributed by atoms with E-state index in [0.717, 1.165) is 25.0 Å². The minimum Gasteiger partial charge on any atom is -0.381 e. The number of Topliss-reactive ketones (excluding diaryl/α,β-unsaturated/α-hetero) is 1. The van der Waals surface area contributed by atoms with Crippen molar-refractivity contribution >= 4 is 5.78 Å². The first kappa shape index (κ1) is 13.3. The van der Waals surface area contributed by atoms with Crippen LogP contribution in [0.1, 0.15) is 38.2 Å². The van der Waals surface area contributed by atoms with Gasteiger partial charge in [-0.3, -0.25) is 4.79 Å². The molecule has 1 aromatic carbocycles. The summed E-state index contributed by atoms with van der Waals surface area (Å²) in [5.41, 5.74) is 1.16. The Balaban J connectivity index is 2.22. The largest absolute Gasteiger partial charge is 0.381 e. The summed E-state index contributed by atoms with van der Waals surface area (Å²) < 4.78 is 5.36. The fourth-order valence-electron chi connectivity index (χ4n) is 2.68. The molecule has 1 heterocycles. The molecule has 98 valence electrons. The highest BCUT2D eigenvalue weighted by Crippen LogP contribution is 2.32. The Morgan fingerprint density at radius 2 is 2.11 bits per heavy atom. The maximum Gasteiger partial charge on any atom is 0.146 e. The monoisotopic (exact) mass is 246 g/mol. The first-order chi connectivity index (χ1) is 8.74. The molecule has 1 fully saturated rings. The third kappa shape index (κ3) is 2.81. The van der Waals surface area contributed by atoms with Gasteiger partial charge in [0, 0.05) is 18.4 Å². The van der Waals surface area contributed by atoms with Crippen LogP contribution in [0.3, 0.4) is 0 Å². The lowest BCUT2D eigenvalue weighted by atomic mass is 9.78. The fraction of sp³-hybridized carbons (Fsp3) is 0.562. The van der Waals surface area contributed by atoms with Gasteiger partial charge in [-0.2, -0.15) is 0 Å². The molecule has 1 aliphatic heterocycles. The highest BCUT2D eigenvalue weighted by molar-refractivity contribution is 5.88. The number of ether oxygens (including phenoxy) is 1. The van der Waals surface area contributed by atoms with Gasteiger partial charge in [-0.15, -0.1) is 0 Å². The molecule has 0 N–H and O–H groups in total. The van der Waals surface area contributed by atoms with Crippen LogP contribution in [0, 0.1) is 11.8 Å². The van der Waals surface area contributed by atoms with Gasteiger partial charge < -0.3 is 4.74 Å². The fourth-order valence-corrected chi connectivity index (χ4v) is 2.68. The third-order valence-electron chi connectivity index (χ3n) is 4.01. The van der Waals surface area contributed by atoms with Gasteiger partial charge in [0.05, 0.1) is 6.61 Å². The maximum absolute atomic E-state index is 12.7. The van der Waals surface area contributed by atoms with Crippen molar-refractivity contribution in [3.63, 3.8) is 0 Å². The van der Waals surface area contributed by atoms with Crippen LogP contribution in [0.25, 0.3) is 0 Å². The molecule has 2 nitrogen and oxygen atoms in total. The Morgan fingerprint density at radius 1 is 1.39 bits per heavy atom. The van der Waals surface area contributed by atoms with E-state index in [1.54, 1.807) is 0 Å². The zero-order chi connectivity index (χ0) is 13.0. The number of hydrogen-bond donors (Lipinski definition) is 0. The average molecular weight is 246 g/mol. The topological polar surface area (TPSA) is 26.3 Å². The van der Waals surface area contributed by atoms with Gasteiger partial charge in [-0.1, -0.05) is 50.6 Å². The summed E-state index contributed by atoms with van der Waals surface area (Å²) in [4.78, 5) is 12.7. The molecular weight excluding hydrogens is 224 g/mol. The van der Waals surface area contributed by atoms with Gasteiger partial charge in [0.2, 0.25) is 0 Å². The van der Waals surface area contributed by atoms with Crippen molar-refractivity contribution in [2.24, 2.45) is 11.8 Å². The van der Waals surface area contributed by atoms with Gasteiger partial charge in [-0.05, 0) is 17.9 Å². The second kappa shape index (κ2) is 6.14. The van der Waals surface area contributed by atoms with Crippen LogP contribution in [0.4, 0.5) is 0 Å². The molecule has 18 heavy (non-hydrogen) atoms. The summed E-state index contributed by atoms with van der Waals surface area (Å²) in [6, 6.07) is 10.2. The third-order valence-corrected chi connectivity index (χ3v) is 4.01. The number of rotatable bonds is 5. The second-order valence-corrected chi connectivity index (χ2v) is 5.24. The van der Waals surface area contributed by atoms with Crippen molar-refractivity contribution in [1.82, 2.24) is 0 Å². The van der Waals surface area contributed by atoms with Gasteiger partial charge in [0.25, 0.3) is 0 Å². The number of ketones is 1. The molecule has 0 radical (unpaired) electrons. The van der Waals surface area contributed by atoms with E-state index in [2.05, 4.69) is 26.0 Å². The smallest absolute Gasteiger partial charge is 0.146 e. The van der Waals surface area contributed by atoms with Crippen LogP contribution >= 0.6 is 0 Å². The van der Waals surface area contributed by atoms with Crippen molar-refractivity contribution in [3.05, 3.63) is 35.9 Å². The molecule has 0 aliphatic carbocycles. The van der Waals surface area contributed by atoms with E-state index in [4.69, 9.17) is 4.74 Å².